The van der Waals surface area contributed by atoms with Crippen molar-refractivity contribution in [1.29, 1.82) is 0 Å². The highest BCUT2D eigenvalue weighted by atomic mass is 16.4. The number of nitrogens with zero attached hydrogens (tertiary/aromatic N) is 1. The molecule has 1 heterocycles. The number of Topliss-reactive ketones (excluding diaryl/α,β-unsaturated/α-hetero) is 1. The molecule has 1 fully saturated rings. The number of likely N-dealkylation sites (tertiary alicyclic amines) is 1. The van der Waals surface area contributed by atoms with Gasteiger partial charge in [-0.05, 0) is 11.8 Å². The number of rotatable bonds is 0. The van der Waals surface area contributed by atoms with Gasteiger partial charge in [0.05, 0.1) is 6.04 Å². The highest BCUT2D eigenvalue weighted by Gasteiger charge is 2.40. The van der Waals surface area contributed by atoms with Gasteiger partial charge in [-0.2, -0.15) is 0 Å². The van der Waals surface area contributed by atoms with E-state index < -0.39 is 12.1 Å². The van der Waals surface area contributed by atoms with Crippen LogP contribution in [0.3, 0.4) is 0 Å². The summed E-state index contributed by atoms with van der Waals surface area (Å²) in [5, 5.41) is 8.96. The number of carbonyl (C=O) groups is 2. The molecule has 1 atom stereocenters. The van der Waals surface area contributed by atoms with Crippen LogP contribution < -0.4 is 0 Å². The fourth-order valence-corrected chi connectivity index (χ4v) is 2.02. The van der Waals surface area contributed by atoms with E-state index in [0.717, 1.165) is 0 Å². The summed E-state index contributed by atoms with van der Waals surface area (Å²) in [7, 11) is 0. The first-order valence-electron chi connectivity index (χ1n) is 4.86. The third kappa shape index (κ3) is 2.05. The lowest BCUT2D eigenvalue weighted by molar-refractivity contribution is -0.130. The quantitative estimate of drug-likeness (QED) is 0.646. The van der Waals surface area contributed by atoms with E-state index >= 15 is 0 Å². The Bertz CT molecular complexity index is 255. The van der Waals surface area contributed by atoms with Crippen LogP contribution in [0.1, 0.15) is 33.6 Å². The number of hydrogen-bond donors (Lipinski definition) is 1. The average molecular weight is 199 g/mol. The Morgan fingerprint density at radius 1 is 1.50 bits per heavy atom. The topological polar surface area (TPSA) is 57.6 Å². The molecule has 1 N–H and O–H groups in total. The summed E-state index contributed by atoms with van der Waals surface area (Å²) in [6, 6.07) is -0.478. The van der Waals surface area contributed by atoms with Crippen molar-refractivity contribution < 1.29 is 14.7 Å². The molecule has 1 saturated heterocycles. The standard InChI is InChI=1S/C10H17NO3/c1-10(2,3)8-7(12)5-4-6-11(8)9(13)14/h8H,4-6H2,1-3H3,(H,13,14). The minimum atomic E-state index is -0.988. The molecule has 4 nitrogen and oxygen atoms in total. The third-order valence-corrected chi connectivity index (χ3v) is 2.50. The van der Waals surface area contributed by atoms with Crippen LogP contribution in [0.2, 0.25) is 0 Å². The van der Waals surface area contributed by atoms with Crippen molar-refractivity contribution in [2.75, 3.05) is 6.54 Å². The van der Waals surface area contributed by atoms with E-state index in [9.17, 15) is 9.59 Å². The van der Waals surface area contributed by atoms with Crippen molar-refractivity contribution in [2.24, 2.45) is 5.41 Å². The molecule has 0 spiro atoms. The summed E-state index contributed by atoms with van der Waals surface area (Å²) >= 11 is 0. The molecule has 14 heavy (non-hydrogen) atoms. The molecule has 0 saturated carbocycles. The molecule has 1 rings (SSSR count). The van der Waals surface area contributed by atoms with Crippen LogP contribution in [0, 0.1) is 5.41 Å². The maximum Gasteiger partial charge on any atom is 0.407 e. The predicted octanol–water partition coefficient (Wildman–Crippen LogP) is 1.74. The van der Waals surface area contributed by atoms with Crippen molar-refractivity contribution in [3.63, 3.8) is 0 Å². The number of piperidine rings is 1. The van der Waals surface area contributed by atoms with E-state index in [0.29, 0.717) is 19.4 Å². The lowest BCUT2D eigenvalue weighted by Crippen LogP contribution is -2.54. The lowest BCUT2D eigenvalue weighted by Gasteiger charge is -2.40. The van der Waals surface area contributed by atoms with Crippen molar-refractivity contribution in [1.82, 2.24) is 4.90 Å². The summed E-state index contributed by atoms with van der Waals surface area (Å²) in [5.41, 5.74) is -0.310. The van der Waals surface area contributed by atoms with E-state index in [1.54, 1.807) is 0 Å². The Balaban J connectivity index is 2.93. The van der Waals surface area contributed by atoms with Gasteiger partial charge in [0.15, 0.2) is 5.78 Å². The molecule has 0 aromatic heterocycles. The summed E-state index contributed by atoms with van der Waals surface area (Å²) in [6.45, 7) is 6.17. The smallest absolute Gasteiger partial charge is 0.407 e. The molecule has 0 aromatic carbocycles. The normalized spacial score (nSPS) is 23.8. The predicted molar refractivity (Wildman–Crippen MR) is 52.2 cm³/mol. The van der Waals surface area contributed by atoms with Crippen LogP contribution >= 0.6 is 0 Å². The van der Waals surface area contributed by atoms with E-state index in [2.05, 4.69) is 0 Å². The van der Waals surface area contributed by atoms with Gasteiger partial charge in [0.2, 0.25) is 0 Å². The van der Waals surface area contributed by atoms with Gasteiger partial charge < -0.3 is 5.11 Å². The van der Waals surface area contributed by atoms with Crippen molar-refractivity contribution in [3.05, 3.63) is 0 Å². The second kappa shape index (κ2) is 3.59. The largest absolute Gasteiger partial charge is 0.465 e. The highest BCUT2D eigenvalue weighted by molar-refractivity contribution is 5.88. The van der Waals surface area contributed by atoms with E-state index in [4.69, 9.17) is 5.11 Å². The highest BCUT2D eigenvalue weighted by Crippen LogP contribution is 2.29. The minimum Gasteiger partial charge on any atom is -0.465 e. The van der Waals surface area contributed by atoms with Gasteiger partial charge in [-0.15, -0.1) is 0 Å². The zero-order valence-electron chi connectivity index (χ0n) is 8.91. The number of amides is 1. The first-order chi connectivity index (χ1) is 6.34. The van der Waals surface area contributed by atoms with Crippen molar-refractivity contribution in [3.8, 4) is 0 Å². The molecule has 4 heteroatoms. The lowest BCUT2D eigenvalue weighted by atomic mass is 9.80. The van der Waals surface area contributed by atoms with Gasteiger partial charge in [-0.25, -0.2) is 4.79 Å². The van der Waals surface area contributed by atoms with Gasteiger partial charge in [0.25, 0.3) is 0 Å². The second-order valence-corrected chi connectivity index (χ2v) is 4.81. The zero-order valence-corrected chi connectivity index (χ0v) is 8.91. The van der Waals surface area contributed by atoms with Gasteiger partial charge in [0.1, 0.15) is 0 Å². The van der Waals surface area contributed by atoms with Crippen LogP contribution in [-0.2, 0) is 4.79 Å². The van der Waals surface area contributed by atoms with Crippen LogP contribution in [0.25, 0.3) is 0 Å². The summed E-state index contributed by atoms with van der Waals surface area (Å²) in [6.07, 6.45) is 0.168. The molecule has 0 aromatic rings. The summed E-state index contributed by atoms with van der Waals surface area (Å²) in [4.78, 5) is 23.9. The maximum atomic E-state index is 11.7. The molecule has 1 aliphatic heterocycles. The molecule has 0 bridgehead atoms. The Labute approximate surface area is 83.9 Å². The molecule has 80 valence electrons. The Morgan fingerprint density at radius 3 is 2.43 bits per heavy atom. The van der Waals surface area contributed by atoms with Crippen LogP contribution in [0.4, 0.5) is 4.79 Å². The molecule has 0 aliphatic carbocycles. The van der Waals surface area contributed by atoms with Gasteiger partial charge in [0, 0.05) is 13.0 Å². The van der Waals surface area contributed by atoms with Crippen molar-refractivity contribution >= 4 is 11.9 Å². The Hall–Kier alpha value is -1.06. The zero-order chi connectivity index (χ0) is 10.9. The monoisotopic (exact) mass is 199 g/mol. The maximum absolute atomic E-state index is 11.7. The van der Waals surface area contributed by atoms with Crippen LogP contribution in [0.15, 0.2) is 0 Å². The number of carbonyl (C=O) groups excluding carboxylic acids is 1. The summed E-state index contributed by atoms with van der Waals surface area (Å²) in [5.74, 6) is 0.0474. The summed E-state index contributed by atoms with van der Waals surface area (Å²) < 4.78 is 0. The molecular weight excluding hydrogens is 182 g/mol. The SMILES string of the molecule is CC(C)(C)C1C(=O)CCCN1C(=O)O. The number of ketones is 1. The fraction of sp³-hybridized carbons (Fsp3) is 0.800. The number of hydrogen-bond acceptors (Lipinski definition) is 2. The van der Waals surface area contributed by atoms with Crippen LogP contribution in [0.5, 0.6) is 0 Å². The van der Waals surface area contributed by atoms with E-state index in [1.165, 1.54) is 4.90 Å². The molecule has 1 aliphatic rings. The third-order valence-electron chi connectivity index (χ3n) is 2.50. The van der Waals surface area contributed by atoms with Gasteiger partial charge in [-0.1, -0.05) is 20.8 Å². The van der Waals surface area contributed by atoms with Gasteiger partial charge in [-0.3, -0.25) is 9.69 Å². The Kier molecular flexibility index (Phi) is 2.83. The molecule has 1 amide bonds. The molecular formula is C10H17NO3. The van der Waals surface area contributed by atoms with E-state index in [-0.39, 0.29) is 11.2 Å². The Morgan fingerprint density at radius 2 is 2.07 bits per heavy atom. The van der Waals surface area contributed by atoms with E-state index in [1.807, 2.05) is 20.8 Å². The average Bonchev–Trinajstić information content (AvgIpc) is 2.01. The number of carboxylic acid groups (broad SMARTS) is 1. The molecule has 0 radical (unpaired) electrons. The first kappa shape index (κ1) is 11.0. The van der Waals surface area contributed by atoms with Gasteiger partial charge >= 0.3 is 6.09 Å². The van der Waals surface area contributed by atoms with Crippen molar-refractivity contribution in [2.45, 2.75) is 39.7 Å². The fourth-order valence-electron chi connectivity index (χ4n) is 2.02. The second-order valence-electron chi connectivity index (χ2n) is 4.81. The van der Waals surface area contributed by atoms with Crippen LogP contribution in [-0.4, -0.2) is 34.5 Å². The minimum absolute atomic E-state index is 0.0474. The first-order valence-corrected chi connectivity index (χ1v) is 4.86. The molecule has 1 unspecified atom stereocenters.